The highest BCUT2D eigenvalue weighted by molar-refractivity contribution is 9.11. The number of nitro benzene ring substituents is 1. The van der Waals surface area contributed by atoms with Gasteiger partial charge >= 0.3 is 0 Å². The van der Waals surface area contributed by atoms with Crippen molar-refractivity contribution in [2.75, 3.05) is 0 Å². The van der Waals surface area contributed by atoms with Gasteiger partial charge in [-0.05, 0) is 34.1 Å². The Morgan fingerprint density at radius 1 is 1.05 bits per heavy atom. The molecule has 3 rings (SSSR count). The van der Waals surface area contributed by atoms with Crippen LogP contribution in [-0.2, 0) is 0 Å². The summed E-state index contributed by atoms with van der Waals surface area (Å²) in [4.78, 5) is 10.4. The lowest BCUT2D eigenvalue weighted by atomic mass is 10.1. The third-order valence-electron chi connectivity index (χ3n) is 2.90. The van der Waals surface area contributed by atoms with E-state index in [1.807, 2.05) is 24.3 Å². The van der Waals surface area contributed by atoms with Gasteiger partial charge in [0.2, 0.25) is 0 Å². The van der Waals surface area contributed by atoms with Gasteiger partial charge in [-0.15, -0.1) is 0 Å². The Kier molecular flexibility index (Phi) is 3.35. The summed E-state index contributed by atoms with van der Waals surface area (Å²) in [5.74, 6) is 1.11. The minimum absolute atomic E-state index is 0.00818. The van der Waals surface area contributed by atoms with Crippen molar-refractivity contribution in [3.05, 3.63) is 60.5 Å². The largest absolute Gasteiger partial charge is 0.455 e. The molecule has 0 aromatic heterocycles. The molecule has 0 atom stereocenters. The first-order valence-electron chi connectivity index (χ1n) is 5.68. The first-order valence-corrected chi connectivity index (χ1v) is 7.26. The van der Waals surface area contributed by atoms with Crippen LogP contribution in [0, 0.1) is 10.1 Å². The van der Waals surface area contributed by atoms with E-state index in [-0.39, 0.29) is 5.69 Å². The van der Waals surface area contributed by atoms with Crippen molar-refractivity contribution in [3.63, 3.8) is 0 Å². The number of non-ortho nitro benzene ring substituents is 1. The van der Waals surface area contributed by atoms with Gasteiger partial charge in [-0.1, -0.05) is 28.1 Å². The number of rotatable bonds is 1. The van der Waals surface area contributed by atoms with Crippen molar-refractivity contribution < 1.29 is 9.66 Å². The molecule has 0 bridgehead atoms. The molecule has 0 saturated heterocycles. The maximum atomic E-state index is 10.8. The Bertz CT molecular complexity index is 756. The predicted molar refractivity (Wildman–Crippen MR) is 83.9 cm³/mol. The van der Waals surface area contributed by atoms with Crippen molar-refractivity contribution in [2.45, 2.75) is 0 Å². The lowest BCUT2D eigenvalue weighted by Gasteiger charge is -2.11. The minimum atomic E-state index is -0.435. The van der Waals surface area contributed by atoms with Crippen LogP contribution in [0.15, 0.2) is 39.3 Å². The average molecular weight is 397 g/mol. The lowest BCUT2D eigenvalue weighted by Crippen LogP contribution is -1.92. The van der Waals surface area contributed by atoms with E-state index >= 15 is 0 Å². The van der Waals surface area contributed by atoms with Crippen LogP contribution >= 0.6 is 31.9 Å². The number of hydrogen-bond acceptors (Lipinski definition) is 3. The molecular formula is C14H7Br2NO3. The minimum Gasteiger partial charge on any atom is -0.455 e. The van der Waals surface area contributed by atoms with E-state index < -0.39 is 4.92 Å². The Morgan fingerprint density at radius 3 is 2.55 bits per heavy atom. The molecule has 1 aliphatic rings. The van der Waals surface area contributed by atoms with Crippen molar-refractivity contribution in [1.82, 2.24) is 0 Å². The van der Waals surface area contributed by atoms with Gasteiger partial charge in [0.05, 0.1) is 15.5 Å². The second-order valence-electron chi connectivity index (χ2n) is 4.22. The molecule has 1 heterocycles. The molecule has 0 N–H and O–H groups in total. The average Bonchev–Trinajstić information content (AvgIpc) is 2.57. The van der Waals surface area contributed by atoms with Gasteiger partial charge in [0.25, 0.3) is 5.69 Å². The molecule has 20 heavy (non-hydrogen) atoms. The Morgan fingerprint density at radius 2 is 1.80 bits per heavy atom. The van der Waals surface area contributed by atoms with Gasteiger partial charge in [-0.25, -0.2) is 0 Å². The molecule has 1 aliphatic heterocycles. The second-order valence-corrected chi connectivity index (χ2v) is 5.99. The highest BCUT2D eigenvalue weighted by atomic mass is 79.9. The standard InChI is InChI=1S/C14H7Br2NO3/c15-10-5-9-2-1-8-3-4-11(17(18)19)7-13(8)20-14(9)12(16)6-10/h1-7H. The van der Waals surface area contributed by atoms with Crippen LogP contribution in [0.25, 0.3) is 12.2 Å². The van der Waals surface area contributed by atoms with Gasteiger partial charge < -0.3 is 4.74 Å². The number of nitrogens with zero attached hydrogens (tertiary/aromatic N) is 1. The van der Waals surface area contributed by atoms with Crippen LogP contribution in [0.3, 0.4) is 0 Å². The van der Waals surface area contributed by atoms with Crippen molar-refractivity contribution in [1.29, 1.82) is 0 Å². The zero-order valence-electron chi connectivity index (χ0n) is 9.97. The summed E-state index contributed by atoms with van der Waals surface area (Å²) < 4.78 is 7.55. The van der Waals surface area contributed by atoms with E-state index in [2.05, 4.69) is 31.9 Å². The Balaban J connectivity index is 2.16. The quantitative estimate of drug-likeness (QED) is 0.409. The highest BCUT2D eigenvalue weighted by Crippen LogP contribution is 2.41. The van der Waals surface area contributed by atoms with Crippen molar-refractivity contribution in [2.24, 2.45) is 0 Å². The van der Waals surface area contributed by atoms with E-state index in [0.717, 1.165) is 20.1 Å². The van der Waals surface area contributed by atoms with Crippen LogP contribution in [-0.4, -0.2) is 4.92 Å². The highest BCUT2D eigenvalue weighted by Gasteiger charge is 2.17. The topological polar surface area (TPSA) is 52.4 Å². The zero-order valence-corrected chi connectivity index (χ0v) is 13.1. The molecule has 0 fully saturated rings. The summed E-state index contributed by atoms with van der Waals surface area (Å²) in [5.41, 5.74) is 1.70. The smallest absolute Gasteiger partial charge is 0.273 e. The summed E-state index contributed by atoms with van der Waals surface area (Å²) >= 11 is 6.87. The second kappa shape index (κ2) is 5.03. The Labute approximate surface area is 131 Å². The van der Waals surface area contributed by atoms with E-state index in [1.54, 1.807) is 6.07 Å². The molecule has 0 aliphatic carbocycles. The molecule has 2 aromatic carbocycles. The molecule has 0 saturated carbocycles. The number of hydrogen-bond donors (Lipinski definition) is 0. The van der Waals surface area contributed by atoms with Crippen LogP contribution in [0.1, 0.15) is 11.1 Å². The third kappa shape index (κ3) is 2.36. The molecule has 0 spiro atoms. The number of ether oxygens (including phenoxy) is 1. The molecule has 0 unspecified atom stereocenters. The van der Waals surface area contributed by atoms with Crippen LogP contribution < -0.4 is 4.74 Å². The van der Waals surface area contributed by atoms with Gasteiger partial charge in [0.15, 0.2) is 0 Å². The normalized spacial score (nSPS) is 12.1. The first-order chi connectivity index (χ1) is 9.54. The summed E-state index contributed by atoms with van der Waals surface area (Å²) in [6.07, 6.45) is 3.80. The van der Waals surface area contributed by atoms with Gasteiger partial charge in [-0.2, -0.15) is 0 Å². The van der Waals surface area contributed by atoms with Gasteiger partial charge in [0, 0.05) is 21.7 Å². The molecule has 0 amide bonds. The fourth-order valence-electron chi connectivity index (χ4n) is 1.96. The molecule has 0 radical (unpaired) electrons. The third-order valence-corrected chi connectivity index (χ3v) is 3.95. The van der Waals surface area contributed by atoms with E-state index in [4.69, 9.17) is 4.74 Å². The van der Waals surface area contributed by atoms with Gasteiger partial charge in [0.1, 0.15) is 11.5 Å². The molecule has 100 valence electrons. The summed E-state index contributed by atoms with van der Waals surface area (Å²) in [5, 5.41) is 10.8. The van der Waals surface area contributed by atoms with E-state index in [0.29, 0.717) is 11.5 Å². The van der Waals surface area contributed by atoms with Crippen LogP contribution in [0.2, 0.25) is 0 Å². The number of nitro groups is 1. The summed E-state index contributed by atoms with van der Waals surface area (Å²) in [6, 6.07) is 8.38. The maximum Gasteiger partial charge on any atom is 0.273 e. The molecule has 6 heteroatoms. The predicted octanol–water partition coefficient (Wildman–Crippen LogP) is 5.40. The van der Waals surface area contributed by atoms with E-state index in [1.165, 1.54) is 12.1 Å². The SMILES string of the molecule is O=[N+]([O-])c1ccc2c(c1)Oc1c(Br)cc(Br)cc1C=C2. The lowest BCUT2D eigenvalue weighted by molar-refractivity contribution is -0.384. The van der Waals surface area contributed by atoms with E-state index in [9.17, 15) is 10.1 Å². The molecule has 2 aromatic rings. The fraction of sp³-hybridized carbons (Fsp3) is 0. The maximum absolute atomic E-state index is 10.8. The Hall–Kier alpha value is -1.66. The summed E-state index contributed by atoms with van der Waals surface area (Å²) in [7, 11) is 0. The summed E-state index contributed by atoms with van der Waals surface area (Å²) in [6.45, 7) is 0. The van der Waals surface area contributed by atoms with Crippen molar-refractivity contribution in [3.8, 4) is 11.5 Å². The van der Waals surface area contributed by atoms with Crippen LogP contribution in [0.4, 0.5) is 5.69 Å². The van der Waals surface area contributed by atoms with Crippen LogP contribution in [0.5, 0.6) is 11.5 Å². The van der Waals surface area contributed by atoms with Crippen molar-refractivity contribution >= 4 is 49.7 Å². The first kappa shape index (κ1) is 13.3. The van der Waals surface area contributed by atoms with Gasteiger partial charge in [-0.3, -0.25) is 10.1 Å². The molecule has 4 nitrogen and oxygen atoms in total. The monoisotopic (exact) mass is 395 g/mol. The molecular weight excluding hydrogens is 390 g/mol. The fourth-order valence-corrected chi connectivity index (χ4v) is 3.30. The number of fused-ring (bicyclic) bond motifs is 2. The number of benzene rings is 2. The number of halogens is 2. The zero-order chi connectivity index (χ0) is 14.3.